The van der Waals surface area contributed by atoms with Gasteiger partial charge in [-0.25, -0.2) is 4.39 Å². The molecule has 0 fully saturated rings. The van der Waals surface area contributed by atoms with Gasteiger partial charge in [-0.2, -0.15) is 0 Å². The van der Waals surface area contributed by atoms with Crippen LogP contribution in [0.25, 0.3) is 0 Å². The predicted octanol–water partition coefficient (Wildman–Crippen LogP) is 2.85. The highest BCUT2D eigenvalue weighted by Gasteiger charge is 2.09. The average Bonchev–Trinajstić information content (AvgIpc) is 2.29. The van der Waals surface area contributed by atoms with E-state index in [2.05, 4.69) is 0 Å². The second kappa shape index (κ2) is 6.23. The van der Waals surface area contributed by atoms with Crippen molar-refractivity contribution in [1.82, 2.24) is 0 Å². The van der Waals surface area contributed by atoms with E-state index in [1.807, 2.05) is 0 Å². The van der Waals surface area contributed by atoms with E-state index in [-0.39, 0.29) is 24.5 Å². The van der Waals surface area contributed by atoms with Crippen molar-refractivity contribution in [3.8, 4) is 5.75 Å². The van der Waals surface area contributed by atoms with E-state index in [1.54, 1.807) is 26.8 Å². The summed E-state index contributed by atoms with van der Waals surface area (Å²) in [6.45, 7) is 5.50. The molecule has 0 bridgehead atoms. The third-order valence-corrected chi connectivity index (χ3v) is 2.23. The fourth-order valence-electron chi connectivity index (χ4n) is 1.31. The molecule has 3 nitrogen and oxygen atoms in total. The quantitative estimate of drug-likeness (QED) is 0.742. The molecular weight excluding hydrogens is 223 g/mol. The van der Waals surface area contributed by atoms with Gasteiger partial charge in [0.1, 0.15) is 24.3 Å². The predicted molar refractivity (Wildman–Crippen MR) is 62.5 cm³/mol. The van der Waals surface area contributed by atoms with Gasteiger partial charge in [-0.1, -0.05) is 6.92 Å². The van der Waals surface area contributed by atoms with E-state index < -0.39 is 0 Å². The highest BCUT2D eigenvalue weighted by molar-refractivity contribution is 5.68. The Morgan fingerprint density at radius 3 is 2.76 bits per heavy atom. The van der Waals surface area contributed by atoms with Crippen molar-refractivity contribution < 1.29 is 18.7 Å². The van der Waals surface area contributed by atoms with E-state index >= 15 is 0 Å². The van der Waals surface area contributed by atoms with Crippen LogP contribution in [0.15, 0.2) is 18.2 Å². The SMILES string of the molecule is CCC(=O)OCC(C)Oc1ccc(F)cc1C. The zero-order valence-electron chi connectivity index (χ0n) is 10.3. The Hall–Kier alpha value is -1.58. The van der Waals surface area contributed by atoms with Crippen LogP contribution in [-0.4, -0.2) is 18.7 Å². The number of carbonyl (C=O) groups is 1. The van der Waals surface area contributed by atoms with Crippen molar-refractivity contribution >= 4 is 5.97 Å². The van der Waals surface area contributed by atoms with Crippen LogP contribution in [-0.2, 0) is 9.53 Å². The van der Waals surface area contributed by atoms with E-state index in [1.165, 1.54) is 12.1 Å². The zero-order chi connectivity index (χ0) is 12.8. The number of rotatable bonds is 5. The number of aryl methyl sites for hydroxylation is 1. The first-order valence-electron chi connectivity index (χ1n) is 5.61. The van der Waals surface area contributed by atoms with Crippen LogP contribution in [0.1, 0.15) is 25.8 Å². The minimum atomic E-state index is -0.292. The Morgan fingerprint density at radius 1 is 1.47 bits per heavy atom. The lowest BCUT2D eigenvalue weighted by molar-refractivity contribution is -0.145. The van der Waals surface area contributed by atoms with Crippen LogP contribution in [0.4, 0.5) is 4.39 Å². The lowest BCUT2D eigenvalue weighted by Crippen LogP contribution is -2.21. The molecule has 0 N–H and O–H groups in total. The fourth-order valence-corrected chi connectivity index (χ4v) is 1.31. The standard InChI is InChI=1S/C13H17FO3/c1-4-13(15)16-8-10(3)17-12-6-5-11(14)7-9(12)2/h5-7,10H,4,8H2,1-3H3. The molecule has 0 spiro atoms. The number of hydrogen-bond donors (Lipinski definition) is 0. The van der Waals surface area contributed by atoms with Gasteiger partial charge in [-0.05, 0) is 37.6 Å². The summed E-state index contributed by atoms with van der Waals surface area (Å²) in [5.74, 6) is 0.0580. The van der Waals surface area contributed by atoms with Gasteiger partial charge < -0.3 is 9.47 Å². The molecule has 94 valence electrons. The fraction of sp³-hybridized carbons (Fsp3) is 0.462. The third-order valence-electron chi connectivity index (χ3n) is 2.23. The van der Waals surface area contributed by atoms with Gasteiger partial charge in [0.15, 0.2) is 0 Å². The van der Waals surface area contributed by atoms with Gasteiger partial charge in [0.2, 0.25) is 0 Å². The molecule has 17 heavy (non-hydrogen) atoms. The van der Waals surface area contributed by atoms with E-state index in [0.29, 0.717) is 12.2 Å². The van der Waals surface area contributed by atoms with E-state index in [0.717, 1.165) is 5.56 Å². The topological polar surface area (TPSA) is 35.5 Å². The van der Waals surface area contributed by atoms with Crippen molar-refractivity contribution in [2.45, 2.75) is 33.3 Å². The maximum Gasteiger partial charge on any atom is 0.305 e. The molecule has 0 amide bonds. The van der Waals surface area contributed by atoms with Crippen LogP contribution < -0.4 is 4.74 Å². The molecule has 0 heterocycles. The highest BCUT2D eigenvalue weighted by Crippen LogP contribution is 2.19. The molecule has 1 aromatic carbocycles. The summed E-state index contributed by atoms with van der Waals surface area (Å²) in [6.07, 6.45) is 0.0946. The summed E-state index contributed by atoms with van der Waals surface area (Å²) in [6, 6.07) is 4.32. The second-order valence-electron chi connectivity index (χ2n) is 3.87. The maximum atomic E-state index is 12.9. The lowest BCUT2D eigenvalue weighted by atomic mass is 10.2. The molecule has 0 aliphatic carbocycles. The maximum absolute atomic E-state index is 12.9. The van der Waals surface area contributed by atoms with Crippen molar-refractivity contribution in [2.24, 2.45) is 0 Å². The lowest BCUT2D eigenvalue weighted by Gasteiger charge is -2.16. The minimum Gasteiger partial charge on any atom is -0.487 e. The summed E-state index contributed by atoms with van der Waals surface area (Å²) in [5.41, 5.74) is 0.721. The number of halogens is 1. The van der Waals surface area contributed by atoms with Crippen LogP contribution >= 0.6 is 0 Å². The molecule has 1 rings (SSSR count). The first-order valence-corrected chi connectivity index (χ1v) is 5.61. The normalized spacial score (nSPS) is 12.0. The van der Waals surface area contributed by atoms with Crippen molar-refractivity contribution in [1.29, 1.82) is 0 Å². The van der Waals surface area contributed by atoms with Gasteiger partial charge >= 0.3 is 5.97 Å². The van der Waals surface area contributed by atoms with Crippen molar-refractivity contribution in [3.05, 3.63) is 29.6 Å². The monoisotopic (exact) mass is 240 g/mol. The summed E-state index contributed by atoms with van der Waals surface area (Å²) in [7, 11) is 0. The van der Waals surface area contributed by atoms with Gasteiger partial charge in [-0.3, -0.25) is 4.79 Å². The molecule has 0 aliphatic rings. The van der Waals surface area contributed by atoms with Crippen LogP contribution in [0.2, 0.25) is 0 Å². The number of benzene rings is 1. The van der Waals surface area contributed by atoms with E-state index in [4.69, 9.17) is 9.47 Å². The Kier molecular flexibility index (Phi) is 4.94. The van der Waals surface area contributed by atoms with Gasteiger partial charge in [0.05, 0.1) is 0 Å². The molecule has 0 saturated heterocycles. The Morgan fingerprint density at radius 2 is 2.18 bits per heavy atom. The molecule has 0 radical (unpaired) electrons. The molecule has 4 heteroatoms. The van der Waals surface area contributed by atoms with Crippen LogP contribution in [0, 0.1) is 12.7 Å². The Bertz CT molecular complexity index is 390. The van der Waals surface area contributed by atoms with Gasteiger partial charge in [0.25, 0.3) is 0 Å². The third kappa shape index (κ3) is 4.43. The number of carbonyl (C=O) groups excluding carboxylic acids is 1. The minimum absolute atomic E-state index is 0.198. The number of ether oxygens (including phenoxy) is 2. The molecule has 1 atom stereocenters. The molecule has 0 aliphatic heterocycles. The Balaban J connectivity index is 2.50. The summed E-state index contributed by atoms with van der Waals surface area (Å²) in [5, 5.41) is 0. The first kappa shape index (κ1) is 13.5. The van der Waals surface area contributed by atoms with Crippen LogP contribution in [0.5, 0.6) is 5.75 Å². The Labute approximate surface area is 101 Å². The van der Waals surface area contributed by atoms with Crippen LogP contribution in [0.3, 0.4) is 0 Å². The number of hydrogen-bond acceptors (Lipinski definition) is 3. The van der Waals surface area contributed by atoms with Gasteiger partial charge in [-0.15, -0.1) is 0 Å². The van der Waals surface area contributed by atoms with Gasteiger partial charge in [0, 0.05) is 6.42 Å². The van der Waals surface area contributed by atoms with E-state index in [9.17, 15) is 9.18 Å². The van der Waals surface area contributed by atoms with Crippen molar-refractivity contribution in [3.63, 3.8) is 0 Å². The molecule has 0 aromatic heterocycles. The largest absolute Gasteiger partial charge is 0.487 e. The zero-order valence-corrected chi connectivity index (χ0v) is 10.3. The van der Waals surface area contributed by atoms with Crippen molar-refractivity contribution in [2.75, 3.05) is 6.61 Å². The summed E-state index contributed by atoms with van der Waals surface area (Å²) in [4.78, 5) is 11.0. The summed E-state index contributed by atoms with van der Waals surface area (Å²) >= 11 is 0. The second-order valence-corrected chi connectivity index (χ2v) is 3.87. The average molecular weight is 240 g/mol. The number of esters is 1. The summed E-state index contributed by atoms with van der Waals surface area (Å²) < 4.78 is 23.4. The molecular formula is C13H17FO3. The smallest absolute Gasteiger partial charge is 0.305 e. The first-order chi connectivity index (χ1) is 8.02. The highest BCUT2D eigenvalue weighted by atomic mass is 19.1. The molecule has 1 unspecified atom stereocenters. The molecule has 0 saturated carbocycles. The molecule has 1 aromatic rings.